The second-order valence-electron chi connectivity index (χ2n) is 6.67. The van der Waals surface area contributed by atoms with Crippen LogP contribution in [0.5, 0.6) is 5.75 Å². The summed E-state index contributed by atoms with van der Waals surface area (Å²) in [6.07, 6.45) is -4.39. The fraction of sp³-hybridized carbons (Fsp3) is 0.350. The molecule has 1 aliphatic heterocycles. The topological polar surface area (TPSA) is 32.8 Å². The third kappa shape index (κ3) is 5.66. The Morgan fingerprint density at radius 3 is 2.34 bits per heavy atom. The summed E-state index contributed by atoms with van der Waals surface area (Å²) in [5, 5.41) is 0. The molecular weight excluding hydrogens is 395 g/mol. The van der Waals surface area contributed by atoms with E-state index in [1.54, 1.807) is 11.0 Å². The molecule has 0 aromatic heterocycles. The Hall–Kier alpha value is -2.68. The van der Waals surface area contributed by atoms with E-state index in [9.17, 15) is 26.7 Å². The summed E-state index contributed by atoms with van der Waals surface area (Å²) >= 11 is 0. The van der Waals surface area contributed by atoms with Gasteiger partial charge in [0.15, 0.2) is 0 Å². The number of hydrogen-bond acceptors (Lipinski definition) is 3. The van der Waals surface area contributed by atoms with Crippen LogP contribution in [0, 0.1) is 0 Å². The molecule has 0 radical (unpaired) electrons. The summed E-state index contributed by atoms with van der Waals surface area (Å²) in [4.78, 5) is 16.2. The third-order valence-electron chi connectivity index (χ3n) is 4.63. The molecule has 1 aliphatic rings. The number of carbonyl (C=O) groups excluding carboxylic acids is 1. The van der Waals surface area contributed by atoms with E-state index in [4.69, 9.17) is 0 Å². The summed E-state index contributed by atoms with van der Waals surface area (Å²) in [5.41, 5.74) is 0.112. The fourth-order valence-electron chi connectivity index (χ4n) is 3.20. The molecule has 2 aromatic rings. The van der Waals surface area contributed by atoms with E-state index < -0.39 is 18.4 Å². The lowest BCUT2D eigenvalue weighted by molar-refractivity contribution is -0.137. The maximum Gasteiger partial charge on any atom is 0.416 e. The van der Waals surface area contributed by atoms with Crippen LogP contribution in [0.3, 0.4) is 0 Å². The normalized spacial score (nSPS) is 15.6. The van der Waals surface area contributed by atoms with Gasteiger partial charge in [0.25, 0.3) is 5.91 Å². The molecule has 1 saturated heterocycles. The smallest absolute Gasteiger partial charge is 0.416 e. The highest BCUT2D eigenvalue weighted by atomic mass is 19.4. The number of carbonyl (C=O) groups is 1. The maximum absolute atomic E-state index is 12.8. The predicted octanol–water partition coefficient (Wildman–Crippen LogP) is 4.26. The summed E-state index contributed by atoms with van der Waals surface area (Å²) in [7, 11) is 0. The summed E-state index contributed by atoms with van der Waals surface area (Å²) in [5.74, 6) is -0.391. The number of ether oxygens (including phenoxy) is 1. The summed E-state index contributed by atoms with van der Waals surface area (Å²) < 4.78 is 67.5. The molecule has 156 valence electrons. The maximum atomic E-state index is 12.8. The minimum Gasteiger partial charge on any atom is -0.435 e. The van der Waals surface area contributed by atoms with Gasteiger partial charge in [0, 0.05) is 38.3 Å². The first kappa shape index (κ1) is 21.0. The average Bonchev–Trinajstić information content (AvgIpc) is 2.67. The standard InChI is InChI=1S/C20H19F5N2O2/c21-19(22)29-17-6-2-4-15(12-17)18(28)27-9-7-26(8-10-27)13-14-3-1-5-16(11-14)20(23,24)25/h1-6,11-12,19H,7-10,13H2. The Morgan fingerprint density at radius 1 is 1.00 bits per heavy atom. The van der Waals surface area contributed by atoms with Gasteiger partial charge in [-0.3, -0.25) is 9.69 Å². The van der Waals surface area contributed by atoms with Crippen molar-refractivity contribution in [3.8, 4) is 5.75 Å². The molecule has 0 unspecified atom stereocenters. The number of nitrogens with zero attached hydrogens (tertiary/aromatic N) is 2. The molecule has 29 heavy (non-hydrogen) atoms. The van der Waals surface area contributed by atoms with Crippen molar-refractivity contribution in [1.29, 1.82) is 0 Å². The molecule has 0 atom stereocenters. The average molecular weight is 414 g/mol. The number of halogens is 5. The van der Waals surface area contributed by atoms with Gasteiger partial charge in [-0.2, -0.15) is 22.0 Å². The van der Waals surface area contributed by atoms with Crippen molar-refractivity contribution in [3.63, 3.8) is 0 Å². The Balaban J connectivity index is 1.57. The molecule has 1 amide bonds. The Morgan fingerprint density at radius 2 is 1.69 bits per heavy atom. The van der Waals surface area contributed by atoms with Crippen LogP contribution < -0.4 is 4.74 Å². The molecule has 1 heterocycles. The highest BCUT2D eigenvalue weighted by Gasteiger charge is 2.30. The van der Waals surface area contributed by atoms with Gasteiger partial charge < -0.3 is 9.64 Å². The first-order valence-electron chi connectivity index (χ1n) is 8.95. The second-order valence-corrected chi connectivity index (χ2v) is 6.67. The van der Waals surface area contributed by atoms with Crippen molar-refractivity contribution in [3.05, 3.63) is 65.2 Å². The molecule has 9 heteroatoms. The lowest BCUT2D eigenvalue weighted by Gasteiger charge is -2.35. The molecule has 1 fully saturated rings. The van der Waals surface area contributed by atoms with E-state index in [1.807, 2.05) is 4.90 Å². The third-order valence-corrected chi connectivity index (χ3v) is 4.63. The molecule has 3 rings (SSSR count). The van der Waals surface area contributed by atoms with Crippen molar-refractivity contribution in [2.75, 3.05) is 26.2 Å². The Bertz CT molecular complexity index is 849. The molecule has 0 spiro atoms. The van der Waals surface area contributed by atoms with E-state index in [2.05, 4.69) is 4.74 Å². The van der Waals surface area contributed by atoms with Crippen molar-refractivity contribution < 1.29 is 31.5 Å². The van der Waals surface area contributed by atoms with Crippen molar-refractivity contribution in [2.24, 2.45) is 0 Å². The quantitative estimate of drug-likeness (QED) is 0.686. The number of rotatable bonds is 5. The van der Waals surface area contributed by atoms with Gasteiger partial charge in [-0.25, -0.2) is 0 Å². The van der Waals surface area contributed by atoms with Crippen LogP contribution >= 0.6 is 0 Å². The van der Waals surface area contributed by atoms with Crippen molar-refractivity contribution >= 4 is 5.91 Å². The van der Waals surface area contributed by atoms with Crippen LogP contribution in [0.1, 0.15) is 21.5 Å². The van der Waals surface area contributed by atoms with Crippen molar-refractivity contribution in [1.82, 2.24) is 9.80 Å². The minimum absolute atomic E-state index is 0.0889. The van der Waals surface area contributed by atoms with Crippen LogP contribution in [0.25, 0.3) is 0 Å². The first-order valence-corrected chi connectivity index (χ1v) is 8.95. The monoisotopic (exact) mass is 414 g/mol. The fourth-order valence-corrected chi connectivity index (χ4v) is 3.20. The van der Waals surface area contributed by atoms with Gasteiger partial charge in [0.1, 0.15) is 5.75 Å². The van der Waals surface area contributed by atoms with Gasteiger partial charge in [-0.15, -0.1) is 0 Å². The van der Waals surface area contributed by atoms with E-state index in [0.29, 0.717) is 38.3 Å². The van der Waals surface area contributed by atoms with E-state index >= 15 is 0 Å². The minimum atomic E-state index is -4.39. The number of benzene rings is 2. The number of hydrogen-bond donors (Lipinski definition) is 0. The van der Waals surface area contributed by atoms with E-state index in [0.717, 1.165) is 12.1 Å². The molecule has 4 nitrogen and oxygen atoms in total. The zero-order valence-corrected chi connectivity index (χ0v) is 15.3. The van der Waals surface area contributed by atoms with Gasteiger partial charge in [-0.05, 0) is 29.8 Å². The van der Waals surface area contributed by atoms with Crippen LogP contribution in [0.15, 0.2) is 48.5 Å². The van der Waals surface area contributed by atoms with Gasteiger partial charge >= 0.3 is 12.8 Å². The molecule has 0 saturated carbocycles. The van der Waals surface area contributed by atoms with Crippen LogP contribution in [0.4, 0.5) is 22.0 Å². The predicted molar refractivity (Wildman–Crippen MR) is 95.7 cm³/mol. The van der Waals surface area contributed by atoms with Crippen molar-refractivity contribution in [2.45, 2.75) is 19.3 Å². The molecule has 0 aliphatic carbocycles. The van der Waals surface area contributed by atoms with Gasteiger partial charge in [0.2, 0.25) is 0 Å². The van der Waals surface area contributed by atoms with Crippen LogP contribution in [0.2, 0.25) is 0 Å². The zero-order chi connectivity index (χ0) is 21.0. The zero-order valence-electron chi connectivity index (χ0n) is 15.3. The number of amides is 1. The summed E-state index contributed by atoms with van der Waals surface area (Å²) in [6, 6.07) is 10.8. The summed E-state index contributed by atoms with van der Waals surface area (Å²) in [6.45, 7) is -0.858. The largest absolute Gasteiger partial charge is 0.435 e. The van der Waals surface area contributed by atoms with E-state index in [-0.39, 0.29) is 17.2 Å². The van der Waals surface area contributed by atoms with Gasteiger partial charge in [0.05, 0.1) is 5.56 Å². The highest BCUT2D eigenvalue weighted by molar-refractivity contribution is 5.94. The Kier molecular flexibility index (Phi) is 6.36. The number of alkyl halides is 5. The van der Waals surface area contributed by atoms with Crippen LogP contribution in [-0.2, 0) is 12.7 Å². The second kappa shape index (κ2) is 8.77. The SMILES string of the molecule is O=C(c1cccc(OC(F)F)c1)N1CCN(Cc2cccc(C(F)(F)F)c2)CC1. The first-order chi connectivity index (χ1) is 13.7. The lowest BCUT2D eigenvalue weighted by atomic mass is 10.1. The molecule has 0 bridgehead atoms. The highest BCUT2D eigenvalue weighted by Crippen LogP contribution is 2.29. The lowest BCUT2D eigenvalue weighted by Crippen LogP contribution is -2.48. The molecule has 0 N–H and O–H groups in total. The molecular formula is C20H19F5N2O2. The van der Waals surface area contributed by atoms with Crippen LogP contribution in [-0.4, -0.2) is 48.5 Å². The van der Waals surface area contributed by atoms with Gasteiger partial charge in [-0.1, -0.05) is 24.3 Å². The van der Waals surface area contributed by atoms with E-state index in [1.165, 1.54) is 30.3 Å². The number of piperazine rings is 1. The Labute approximate surface area is 164 Å². The molecule has 2 aromatic carbocycles.